The van der Waals surface area contributed by atoms with Gasteiger partial charge in [-0.05, 0) is 37.1 Å². The van der Waals surface area contributed by atoms with Gasteiger partial charge in [-0.2, -0.15) is 0 Å². The van der Waals surface area contributed by atoms with Crippen LogP contribution < -0.4 is 20.1 Å². The van der Waals surface area contributed by atoms with Crippen LogP contribution in [0.3, 0.4) is 0 Å². The second kappa shape index (κ2) is 7.40. The molecule has 0 fully saturated rings. The molecule has 1 aromatic carbocycles. The van der Waals surface area contributed by atoms with Gasteiger partial charge in [0.15, 0.2) is 0 Å². The van der Waals surface area contributed by atoms with Crippen LogP contribution in [0.5, 0.6) is 11.5 Å². The molecule has 0 aliphatic rings. The maximum atomic E-state index is 12.0. The van der Waals surface area contributed by atoms with Crippen molar-refractivity contribution in [3.05, 3.63) is 42.4 Å². The number of carbonyl (C=O) groups is 1. The van der Waals surface area contributed by atoms with Crippen molar-refractivity contribution in [3.63, 3.8) is 0 Å². The number of rotatable bonds is 6. The molecular weight excluding hydrogens is 284 g/mol. The van der Waals surface area contributed by atoms with Crippen molar-refractivity contribution in [2.24, 2.45) is 0 Å². The van der Waals surface area contributed by atoms with Crippen LogP contribution in [0.4, 0.5) is 10.5 Å². The highest BCUT2D eigenvalue weighted by Gasteiger charge is 2.12. The third-order valence-corrected chi connectivity index (χ3v) is 3.16. The van der Waals surface area contributed by atoms with Crippen LogP contribution in [-0.4, -0.2) is 26.3 Å². The Morgan fingerprint density at radius 2 is 2.09 bits per heavy atom. The number of hydrogen-bond donors (Lipinski definition) is 2. The van der Waals surface area contributed by atoms with E-state index in [4.69, 9.17) is 13.9 Å². The third kappa shape index (κ3) is 4.18. The molecule has 6 nitrogen and oxygen atoms in total. The number of hydrogen-bond acceptors (Lipinski definition) is 4. The lowest BCUT2D eigenvalue weighted by molar-refractivity contribution is 0.249. The third-order valence-electron chi connectivity index (χ3n) is 3.16. The molecule has 6 heteroatoms. The smallest absolute Gasteiger partial charge is 0.319 e. The maximum Gasteiger partial charge on any atom is 0.319 e. The zero-order chi connectivity index (χ0) is 15.9. The van der Waals surface area contributed by atoms with Crippen LogP contribution in [-0.2, 0) is 6.42 Å². The summed E-state index contributed by atoms with van der Waals surface area (Å²) >= 11 is 0. The molecule has 2 rings (SSSR count). The van der Waals surface area contributed by atoms with E-state index in [0.717, 1.165) is 5.56 Å². The van der Waals surface area contributed by atoms with Crippen molar-refractivity contribution in [1.82, 2.24) is 5.32 Å². The van der Waals surface area contributed by atoms with E-state index in [0.29, 0.717) is 23.6 Å². The molecule has 0 saturated carbocycles. The van der Waals surface area contributed by atoms with Gasteiger partial charge in [-0.1, -0.05) is 0 Å². The minimum Gasteiger partial charge on any atom is -0.497 e. The topological polar surface area (TPSA) is 72.7 Å². The standard InChI is InChI=1S/C16H20N2O4/c1-11(8-12-6-7-22-10-12)17-16(19)18-14-5-4-13(20-2)9-15(14)21-3/h4-7,9-11H,8H2,1-3H3,(H2,17,18,19). The highest BCUT2D eigenvalue weighted by atomic mass is 16.5. The van der Waals surface area contributed by atoms with Gasteiger partial charge in [0.2, 0.25) is 0 Å². The average Bonchev–Trinajstić information content (AvgIpc) is 3.00. The Hall–Kier alpha value is -2.63. The van der Waals surface area contributed by atoms with E-state index in [2.05, 4.69) is 10.6 Å². The number of ether oxygens (including phenoxy) is 2. The van der Waals surface area contributed by atoms with Crippen molar-refractivity contribution < 1.29 is 18.7 Å². The number of methoxy groups -OCH3 is 2. The summed E-state index contributed by atoms with van der Waals surface area (Å²) in [5.74, 6) is 1.20. The Bertz CT molecular complexity index is 611. The molecule has 2 N–H and O–H groups in total. The molecule has 1 aromatic heterocycles. The van der Waals surface area contributed by atoms with E-state index in [9.17, 15) is 4.79 Å². The quantitative estimate of drug-likeness (QED) is 0.860. The molecule has 118 valence electrons. The SMILES string of the molecule is COc1ccc(NC(=O)NC(C)Cc2ccoc2)c(OC)c1. The van der Waals surface area contributed by atoms with Gasteiger partial charge in [-0.25, -0.2) is 4.79 Å². The fourth-order valence-corrected chi connectivity index (χ4v) is 2.10. The minimum absolute atomic E-state index is 0.0261. The molecule has 1 heterocycles. The van der Waals surface area contributed by atoms with E-state index in [1.807, 2.05) is 13.0 Å². The molecule has 22 heavy (non-hydrogen) atoms. The van der Waals surface area contributed by atoms with E-state index < -0.39 is 0 Å². The van der Waals surface area contributed by atoms with Gasteiger partial charge in [0.1, 0.15) is 11.5 Å². The number of benzene rings is 1. The highest BCUT2D eigenvalue weighted by Crippen LogP contribution is 2.28. The van der Waals surface area contributed by atoms with Gasteiger partial charge < -0.3 is 24.5 Å². The second-order valence-electron chi connectivity index (χ2n) is 4.90. The minimum atomic E-state index is -0.292. The van der Waals surface area contributed by atoms with E-state index in [1.165, 1.54) is 0 Å². The maximum absolute atomic E-state index is 12.0. The lowest BCUT2D eigenvalue weighted by atomic mass is 10.1. The first-order valence-electron chi connectivity index (χ1n) is 6.93. The van der Waals surface area contributed by atoms with Crippen molar-refractivity contribution in [3.8, 4) is 11.5 Å². The van der Waals surface area contributed by atoms with Gasteiger partial charge in [-0.3, -0.25) is 0 Å². The molecule has 1 unspecified atom stereocenters. The van der Waals surface area contributed by atoms with Crippen molar-refractivity contribution in [2.45, 2.75) is 19.4 Å². The number of carbonyl (C=O) groups excluding carboxylic acids is 1. The van der Waals surface area contributed by atoms with Crippen LogP contribution in [0, 0.1) is 0 Å². The molecule has 0 saturated heterocycles. The number of furan rings is 1. The molecule has 0 bridgehead atoms. The summed E-state index contributed by atoms with van der Waals surface area (Å²) in [5.41, 5.74) is 1.62. The fraction of sp³-hybridized carbons (Fsp3) is 0.312. The van der Waals surface area contributed by atoms with Crippen molar-refractivity contribution in [2.75, 3.05) is 19.5 Å². The predicted octanol–water partition coefficient (Wildman–Crippen LogP) is 3.05. The summed E-state index contributed by atoms with van der Waals surface area (Å²) in [6.07, 6.45) is 3.98. The molecule has 0 aliphatic carbocycles. The Kier molecular flexibility index (Phi) is 5.30. The summed E-state index contributed by atoms with van der Waals surface area (Å²) in [7, 11) is 3.12. The van der Waals surface area contributed by atoms with E-state index in [1.54, 1.807) is 44.9 Å². The monoisotopic (exact) mass is 304 g/mol. The number of nitrogens with one attached hydrogen (secondary N) is 2. The zero-order valence-corrected chi connectivity index (χ0v) is 12.9. The summed E-state index contributed by atoms with van der Waals surface area (Å²) in [5, 5.41) is 5.64. The summed E-state index contributed by atoms with van der Waals surface area (Å²) in [4.78, 5) is 12.0. The molecule has 2 amide bonds. The lowest BCUT2D eigenvalue weighted by Gasteiger charge is -2.15. The lowest BCUT2D eigenvalue weighted by Crippen LogP contribution is -2.37. The number of amides is 2. The van der Waals surface area contributed by atoms with Crippen molar-refractivity contribution >= 4 is 11.7 Å². The van der Waals surface area contributed by atoms with Crippen LogP contribution in [0.1, 0.15) is 12.5 Å². The largest absolute Gasteiger partial charge is 0.497 e. The van der Waals surface area contributed by atoms with Gasteiger partial charge in [-0.15, -0.1) is 0 Å². The van der Waals surface area contributed by atoms with Crippen LogP contribution in [0.15, 0.2) is 41.2 Å². The normalized spacial score (nSPS) is 11.6. The number of anilines is 1. The summed E-state index contributed by atoms with van der Waals surface area (Å²) < 4.78 is 15.4. The summed E-state index contributed by atoms with van der Waals surface area (Å²) in [6, 6.07) is 6.76. The highest BCUT2D eigenvalue weighted by molar-refractivity contribution is 5.91. The first kappa shape index (κ1) is 15.8. The molecular formula is C16H20N2O4. The Labute approximate surface area is 129 Å². The van der Waals surface area contributed by atoms with Gasteiger partial charge in [0.05, 0.1) is 32.4 Å². The molecule has 0 spiro atoms. The summed E-state index contributed by atoms with van der Waals surface area (Å²) in [6.45, 7) is 1.93. The first-order valence-corrected chi connectivity index (χ1v) is 6.93. The molecule has 0 radical (unpaired) electrons. The molecule has 2 aromatic rings. The Morgan fingerprint density at radius 3 is 2.73 bits per heavy atom. The van der Waals surface area contributed by atoms with Crippen molar-refractivity contribution in [1.29, 1.82) is 0 Å². The van der Waals surface area contributed by atoms with Gasteiger partial charge in [0, 0.05) is 12.1 Å². The van der Waals surface area contributed by atoms with E-state index in [-0.39, 0.29) is 12.1 Å². The molecule has 0 aliphatic heterocycles. The molecule has 1 atom stereocenters. The van der Waals surface area contributed by atoms with Gasteiger partial charge >= 0.3 is 6.03 Å². The predicted molar refractivity (Wildman–Crippen MR) is 83.6 cm³/mol. The van der Waals surface area contributed by atoms with Crippen LogP contribution in [0.25, 0.3) is 0 Å². The van der Waals surface area contributed by atoms with Crippen LogP contribution in [0.2, 0.25) is 0 Å². The van der Waals surface area contributed by atoms with Gasteiger partial charge in [0.25, 0.3) is 0 Å². The number of urea groups is 1. The fourth-order valence-electron chi connectivity index (χ4n) is 2.10. The average molecular weight is 304 g/mol. The second-order valence-corrected chi connectivity index (χ2v) is 4.90. The Balaban J connectivity index is 1.94. The zero-order valence-electron chi connectivity index (χ0n) is 12.9. The first-order chi connectivity index (χ1) is 10.6. The van der Waals surface area contributed by atoms with E-state index >= 15 is 0 Å². The van der Waals surface area contributed by atoms with Crippen LogP contribution >= 0.6 is 0 Å². The Morgan fingerprint density at radius 1 is 1.27 bits per heavy atom.